The first-order valence-electron chi connectivity index (χ1n) is 20.2. The third-order valence-corrected chi connectivity index (χ3v) is 13.9. The van der Waals surface area contributed by atoms with Gasteiger partial charge in [0.2, 0.25) is 0 Å². The minimum Gasteiger partial charge on any atom is -0.456 e. The van der Waals surface area contributed by atoms with E-state index in [0.717, 1.165) is 44.6 Å². The number of rotatable bonds is 3. The second-order valence-corrected chi connectivity index (χ2v) is 18.2. The number of furan rings is 2. The van der Waals surface area contributed by atoms with Crippen LogP contribution in [0.5, 0.6) is 0 Å². The van der Waals surface area contributed by atoms with Crippen LogP contribution in [0.1, 0.15) is 74.9 Å². The van der Waals surface area contributed by atoms with Gasteiger partial charge in [0.05, 0.1) is 0 Å². The molecule has 9 aromatic rings. The largest absolute Gasteiger partial charge is 0.456 e. The molecular weight excluding hydrogens is 693 g/mol. The molecule has 0 N–H and O–H groups in total. The van der Waals surface area contributed by atoms with Crippen molar-refractivity contribution in [2.24, 2.45) is 0 Å². The predicted molar refractivity (Wildman–Crippen MR) is 235 cm³/mol. The Morgan fingerprint density at radius 1 is 0.298 bits per heavy atom. The molecule has 274 valence electrons. The molecule has 57 heavy (non-hydrogen) atoms. The molecule has 2 heteroatoms. The highest BCUT2D eigenvalue weighted by molar-refractivity contribution is 5.94. The summed E-state index contributed by atoms with van der Waals surface area (Å²) in [5, 5.41) is 2.26. The first-order chi connectivity index (χ1) is 27.5. The summed E-state index contributed by atoms with van der Waals surface area (Å²) < 4.78 is 12.5. The summed E-state index contributed by atoms with van der Waals surface area (Å²) in [7, 11) is 0. The molecule has 0 unspecified atom stereocenters. The lowest BCUT2D eigenvalue weighted by Gasteiger charge is -2.25. The van der Waals surface area contributed by atoms with Crippen molar-refractivity contribution in [1.29, 1.82) is 0 Å². The van der Waals surface area contributed by atoms with Crippen molar-refractivity contribution in [3.8, 4) is 67.2 Å². The molecule has 0 spiro atoms. The fraction of sp³-hybridized carbons (Fsp3) is 0.164. The van der Waals surface area contributed by atoms with Crippen LogP contribution in [0.2, 0.25) is 0 Å². The molecule has 2 heterocycles. The molecule has 0 saturated carbocycles. The van der Waals surface area contributed by atoms with Crippen molar-refractivity contribution in [2.75, 3.05) is 0 Å². The van der Waals surface area contributed by atoms with Crippen LogP contribution in [0.3, 0.4) is 0 Å². The zero-order valence-electron chi connectivity index (χ0n) is 33.2. The first-order valence-corrected chi connectivity index (χ1v) is 20.2. The minimum absolute atomic E-state index is 0.135. The zero-order chi connectivity index (χ0) is 38.6. The molecule has 12 rings (SSSR count). The van der Waals surface area contributed by atoms with E-state index in [0.29, 0.717) is 0 Å². The molecule has 0 atom stereocenters. The highest BCUT2D eigenvalue weighted by Crippen LogP contribution is 2.59. The van der Waals surface area contributed by atoms with E-state index in [1.54, 1.807) is 0 Å². The number of fused-ring (bicyclic) bond motifs is 11. The molecule has 0 bridgehead atoms. The van der Waals surface area contributed by atoms with Crippen LogP contribution in [-0.2, 0) is 16.2 Å². The van der Waals surface area contributed by atoms with Gasteiger partial charge in [-0.25, -0.2) is 0 Å². The van der Waals surface area contributed by atoms with E-state index in [-0.39, 0.29) is 16.2 Å². The second-order valence-electron chi connectivity index (χ2n) is 18.2. The standard InChI is InChI=1S/C55H42O2/c1-53(2)43-23-33(31-15-17-32(18-16-31)51-25-34-11-7-9-13-49(34)56-51)19-21-37(43)39-27-47-41(29-45(39)53)42-30-46-40(28-48(42)55(47,5)6)38-22-20-36(24-44(38)54(46,3)4)52-26-35-12-8-10-14-50(35)57-52/h7-30H,1-6H3. The van der Waals surface area contributed by atoms with Crippen LogP contribution in [0.15, 0.2) is 154 Å². The van der Waals surface area contributed by atoms with Crippen LogP contribution in [0.25, 0.3) is 89.1 Å². The van der Waals surface area contributed by atoms with Crippen LogP contribution >= 0.6 is 0 Å². The van der Waals surface area contributed by atoms with Crippen LogP contribution in [-0.4, -0.2) is 0 Å². The number of hydrogen-bond donors (Lipinski definition) is 0. The molecule has 2 nitrogen and oxygen atoms in total. The first kappa shape index (κ1) is 32.8. The van der Waals surface area contributed by atoms with E-state index in [1.165, 1.54) is 77.9 Å². The van der Waals surface area contributed by atoms with Gasteiger partial charge in [0.1, 0.15) is 22.7 Å². The van der Waals surface area contributed by atoms with Crippen molar-refractivity contribution in [1.82, 2.24) is 0 Å². The highest BCUT2D eigenvalue weighted by Gasteiger charge is 2.44. The topological polar surface area (TPSA) is 26.3 Å². The van der Waals surface area contributed by atoms with Gasteiger partial charge >= 0.3 is 0 Å². The summed E-state index contributed by atoms with van der Waals surface area (Å²) in [5.74, 6) is 1.82. The van der Waals surface area contributed by atoms with Crippen molar-refractivity contribution in [3.05, 3.63) is 179 Å². The van der Waals surface area contributed by atoms with Crippen LogP contribution in [0.4, 0.5) is 0 Å². The van der Waals surface area contributed by atoms with Crippen molar-refractivity contribution < 1.29 is 8.83 Å². The van der Waals surface area contributed by atoms with E-state index in [9.17, 15) is 0 Å². The number of benzene rings is 7. The average molecular weight is 735 g/mol. The van der Waals surface area contributed by atoms with Gasteiger partial charge in [0.25, 0.3) is 0 Å². The summed E-state index contributed by atoms with van der Waals surface area (Å²) in [5.41, 5.74) is 22.7. The van der Waals surface area contributed by atoms with Gasteiger partial charge in [-0.3, -0.25) is 0 Å². The van der Waals surface area contributed by atoms with E-state index < -0.39 is 0 Å². The lowest BCUT2D eigenvalue weighted by atomic mass is 9.78. The lowest BCUT2D eigenvalue weighted by molar-refractivity contribution is 0.629. The van der Waals surface area contributed by atoms with E-state index in [4.69, 9.17) is 8.83 Å². The van der Waals surface area contributed by atoms with Crippen LogP contribution in [0, 0.1) is 0 Å². The second kappa shape index (κ2) is 10.9. The van der Waals surface area contributed by atoms with Crippen molar-refractivity contribution in [2.45, 2.75) is 57.8 Å². The van der Waals surface area contributed by atoms with E-state index >= 15 is 0 Å². The van der Waals surface area contributed by atoms with Gasteiger partial charge in [-0.2, -0.15) is 0 Å². The van der Waals surface area contributed by atoms with Gasteiger partial charge in [0, 0.05) is 38.1 Å². The third-order valence-electron chi connectivity index (χ3n) is 13.9. The van der Waals surface area contributed by atoms with E-state index in [2.05, 4.69) is 163 Å². The van der Waals surface area contributed by atoms with Crippen molar-refractivity contribution >= 4 is 21.9 Å². The maximum atomic E-state index is 6.32. The van der Waals surface area contributed by atoms with Gasteiger partial charge in [-0.1, -0.05) is 126 Å². The predicted octanol–water partition coefficient (Wildman–Crippen LogP) is 15.1. The van der Waals surface area contributed by atoms with Crippen LogP contribution < -0.4 is 0 Å². The summed E-state index contributed by atoms with van der Waals surface area (Å²) in [4.78, 5) is 0. The quantitative estimate of drug-likeness (QED) is 0.181. The number of hydrogen-bond acceptors (Lipinski definition) is 2. The highest BCUT2D eigenvalue weighted by atomic mass is 16.3. The Labute approximate surface area is 333 Å². The molecule has 0 fully saturated rings. The minimum atomic E-state index is -0.151. The molecule has 0 amide bonds. The maximum Gasteiger partial charge on any atom is 0.135 e. The summed E-state index contributed by atoms with van der Waals surface area (Å²) in [6, 6.07) is 53.7. The molecular formula is C55H42O2. The summed E-state index contributed by atoms with van der Waals surface area (Å²) in [6.45, 7) is 14.4. The Balaban J connectivity index is 0.912. The van der Waals surface area contributed by atoms with Crippen molar-refractivity contribution in [3.63, 3.8) is 0 Å². The molecule has 0 aliphatic heterocycles. The fourth-order valence-electron chi connectivity index (χ4n) is 10.6. The van der Waals surface area contributed by atoms with Gasteiger partial charge < -0.3 is 8.83 Å². The molecule has 3 aliphatic rings. The molecule has 3 aliphatic carbocycles. The maximum absolute atomic E-state index is 6.32. The van der Waals surface area contributed by atoms with E-state index in [1.807, 2.05) is 24.3 Å². The summed E-state index contributed by atoms with van der Waals surface area (Å²) in [6.07, 6.45) is 0. The van der Waals surface area contributed by atoms with Gasteiger partial charge in [-0.15, -0.1) is 0 Å². The SMILES string of the molecule is CC1(C)c2cc(-c3ccc(-c4cc5ccccc5o4)cc3)ccc2-c2cc3c(cc21)-c1cc2c(cc1C3(C)C)-c1ccc(-c3cc4ccccc4o3)cc1C2(C)C. The fourth-order valence-corrected chi connectivity index (χ4v) is 10.6. The normalized spacial score (nSPS) is 16.0. The lowest BCUT2D eigenvalue weighted by Crippen LogP contribution is -2.17. The monoisotopic (exact) mass is 734 g/mol. The molecule has 0 saturated heterocycles. The van der Waals surface area contributed by atoms with Gasteiger partial charge in [0.15, 0.2) is 0 Å². The zero-order valence-corrected chi connectivity index (χ0v) is 33.2. The molecule has 7 aromatic carbocycles. The molecule has 2 aromatic heterocycles. The molecule has 0 radical (unpaired) electrons. The third kappa shape index (κ3) is 4.42. The number of para-hydroxylation sites is 2. The summed E-state index contributed by atoms with van der Waals surface area (Å²) >= 11 is 0. The Bertz CT molecular complexity index is 3130. The Morgan fingerprint density at radius 2 is 0.649 bits per heavy atom. The average Bonchev–Trinajstić information content (AvgIpc) is 4.00. The Morgan fingerprint density at radius 3 is 1.12 bits per heavy atom. The smallest absolute Gasteiger partial charge is 0.135 e. The van der Waals surface area contributed by atoms with Gasteiger partial charge in [-0.05, 0) is 139 Å². The Hall–Kier alpha value is -6.38. The Kier molecular flexibility index (Phi) is 6.29.